The maximum absolute atomic E-state index is 12.5. The molecular formula is C14H16N6O2. The van der Waals surface area contributed by atoms with E-state index in [-0.39, 0.29) is 12.0 Å². The summed E-state index contributed by atoms with van der Waals surface area (Å²) in [7, 11) is 1.78. The summed E-state index contributed by atoms with van der Waals surface area (Å²) < 4.78 is 5.75. The van der Waals surface area contributed by atoms with Crippen LogP contribution in [0.3, 0.4) is 0 Å². The van der Waals surface area contributed by atoms with Crippen LogP contribution in [-0.4, -0.2) is 57.5 Å². The maximum atomic E-state index is 12.5. The van der Waals surface area contributed by atoms with Gasteiger partial charge in [0.05, 0.1) is 13.2 Å². The first kappa shape index (κ1) is 14.3. The number of carbonyl (C=O) groups excluding carboxylic acids is 1. The van der Waals surface area contributed by atoms with Gasteiger partial charge in [0, 0.05) is 32.2 Å². The van der Waals surface area contributed by atoms with Crippen molar-refractivity contribution in [3.8, 4) is 0 Å². The Morgan fingerprint density at radius 1 is 1.32 bits per heavy atom. The molecule has 1 amide bonds. The molecule has 22 heavy (non-hydrogen) atoms. The molecule has 114 valence electrons. The second-order valence-corrected chi connectivity index (χ2v) is 4.75. The number of hydrogen-bond acceptors (Lipinski definition) is 7. The first-order chi connectivity index (χ1) is 10.8. The molecule has 8 heteroatoms. The van der Waals surface area contributed by atoms with Gasteiger partial charge < -0.3 is 15.0 Å². The predicted molar refractivity (Wildman–Crippen MR) is 78.2 cm³/mol. The maximum Gasteiger partial charge on any atom is 0.272 e. The van der Waals surface area contributed by atoms with Crippen molar-refractivity contribution in [2.75, 3.05) is 32.1 Å². The van der Waals surface area contributed by atoms with Gasteiger partial charge in [0.15, 0.2) is 0 Å². The van der Waals surface area contributed by atoms with Crippen LogP contribution in [0.5, 0.6) is 0 Å². The highest BCUT2D eigenvalue weighted by Gasteiger charge is 2.29. The van der Waals surface area contributed by atoms with Gasteiger partial charge in [-0.1, -0.05) is 0 Å². The molecule has 1 saturated heterocycles. The van der Waals surface area contributed by atoms with Gasteiger partial charge in [-0.25, -0.2) is 15.0 Å². The van der Waals surface area contributed by atoms with Gasteiger partial charge in [-0.15, -0.1) is 0 Å². The number of aromatic nitrogens is 4. The molecule has 1 aliphatic rings. The van der Waals surface area contributed by atoms with Gasteiger partial charge in [-0.3, -0.25) is 9.78 Å². The quantitative estimate of drug-likeness (QED) is 0.883. The van der Waals surface area contributed by atoms with Crippen LogP contribution in [0.15, 0.2) is 31.0 Å². The smallest absolute Gasteiger partial charge is 0.272 e. The SMILES string of the molecule is CNc1nccnc1C1CN(C(=O)c2ccncn2)CCO1. The zero-order valence-electron chi connectivity index (χ0n) is 12.1. The minimum atomic E-state index is -0.310. The van der Waals surface area contributed by atoms with E-state index in [1.165, 1.54) is 6.33 Å². The second-order valence-electron chi connectivity index (χ2n) is 4.75. The third kappa shape index (κ3) is 2.86. The van der Waals surface area contributed by atoms with Crippen LogP contribution in [0.2, 0.25) is 0 Å². The average molecular weight is 300 g/mol. The highest BCUT2D eigenvalue weighted by Crippen LogP contribution is 2.25. The number of hydrogen-bond donors (Lipinski definition) is 1. The van der Waals surface area contributed by atoms with Gasteiger partial charge in [0.25, 0.3) is 5.91 Å². The molecule has 0 radical (unpaired) electrons. The Labute approximate surface area is 127 Å². The molecule has 0 aromatic carbocycles. The van der Waals surface area contributed by atoms with Crippen molar-refractivity contribution in [3.05, 3.63) is 42.4 Å². The fourth-order valence-corrected chi connectivity index (χ4v) is 2.36. The molecule has 1 fully saturated rings. The summed E-state index contributed by atoms with van der Waals surface area (Å²) in [5, 5.41) is 2.99. The molecule has 3 rings (SSSR count). The minimum Gasteiger partial charge on any atom is -0.372 e. The van der Waals surface area contributed by atoms with Crippen LogP contribution in [-0.2, 0) is 4.74 Å². The van der Waals surface area contributed by atoms with Crippen LogP contribution >= 0.6 is 0 Å². The summed E-state index contributed by atoms with van der Waals surface area (Å²) in [6.07, 6.45) is 5.84. The van der Waals surface area contributed by atoms with E-state index in [1.54, 1.807) is 36.6 Å². The monoisotopic (exact) mass is 300 g/mol. The number of rotatable bonds is 3. The molecule has 2 aromatic heterocycles. The second kappa shape index (κ2) is 6.44. The van der Waals surface area contributed by atoms with Gasteiger partial charge in [0.2, 0.25) is 0 Å². The zero-order valence-corrected chi connectivity index (χ0v) is 12.1. The summed E-state index contributed by atoms with van der Waals surface area (Å²) in [6.45, 7) is 1.38. The van der Waals surface area contributed by atoms with Crippen molar-refractivity contribution in [1.29, 1.82) is 0 Å². The van der Waals surface area contributed by atoms with Crippen molar-refractivity contribution < 1.29 is 9.53 Å². The summed E-state index contributed by atoms with van der Waals surface area (Å²) in [5.74, 6) is 0.523. The highest BCUT2D eigenvalue weighted by molar-refractivity contribution is 5.92. The molecule has 0 saturated carbocycles. The fraction of sp³-hybridized carbons (Fsp3) is 0.357. The van der Waals surface area contributed by atoms with Crippen LogP contribution < -0.4 is 5.32 Å². The average Bonchev–Trinajstić information content (AvgIpc) is 2.62. The van der Waals surface area contributed by atoms with Crippen molar-refractivity contribution in [3.63, 3.8) is 0 Å². The number of morpholine rings is 1. The van der Waals surface area contributed by atoms with E-state index >= 15 is 0 Å². The van der Waals surface area contributed by atoms with E-state index in [0.717, 1.165) is 0 Å². The Bertz CT molecular complexity index is 651. The van der Waals surface area contributed by atoms with Gasteiger partial charge in [-0.05, 0) is 6.07 Å². The lowest BCUT2D eigenvalue weighted by atomic mass is 10.2. The molecule has 8 nitrogen and oxygen atoms in total. The molecule has 1 aliphatic heterocycles. The third-order valence-electron chi connectivity index (χ3n) is 3.42. The van der Waals surface area contributed by atoms with E-state index in [2.05, 4.69) is 25.3 Å². The summed E-state index contributed by atoms with van der Waals surface area (Å²) in [4.78, 5) is 30.5. The molecular weight excluding hydrogens is 284 g/mol. The topological polar surface area (TPSA) is 93.1 Å². The molecule has 1 unspecified atom stereocenters. The molecule has 2 aromatic rings. The number of nitrogens with zero attached hydrogens (tertiary/aromatic N) is 5. The number of amides is 1. The summed E-state index contributed by atoms with van der Waals surface area (Å²) in [5.41, 5.74) is 1.08. The van der Waals surface area contributed by atoms with Crippen molar-refractivity contribution in [2.24, 2.45) is 0 Å². The first-order valence-electron chi connectivity index (χ1n) is 6.95. The normalized spacial score (nSPS) is 18.0. The van der Waals surface area contributed by atoms with Gasteiger partial charge in [-0.2, -0.15) is 0 Å². The highest BCUT2D eigenvalue weighted by atomic mass is 16.5. The Balaban J connectivity index is 1.78. The molecule has 3 heterocycles. The lowest BCUT2D eigenvalue weighted by Gasteiger charge is -2.32. The van der Waals surface area contributed by atoms with Crippen LogP contribution in [0, 0.1) is 0 Å². The molecule has 1 N–H and O–H groups in total. The molecule has 0 aliphatic carbocycles. The third-order valence-corrected chi connectivity index (χ3v) is 3.42. The van der Waals surface area contributed by atoms with E-state index in [9.17, 15) is 4.79 Å². The van der Waals surface area contributed by atoms with Crippen molar-refractivity contribution in [1.82, 2.24) is 24.8 Å². The largest absolute Gasteiger partial charge is 0.372 e. The van der Waals surface area contributed by atoms with E-state index in [1.807, 2.05) is 0 Å². The Hall–Kier alpha value is -2.61. The number of anilines is 1. The van der Waals surface area contributed by atoms with Crippen LogP contribution in [0.25, 0.3) is 0 Å². The van der Waals surface area contributed by atoms with Crippen LogP contribution in [0.4, 0.5) is 5.82 Å². The number of carbonyl (C=O) groups is 1. The van der Waals surface area contributed by atoms with E-state index < -0.39 is 0 Å². The van der Waals surface area contributed by atoms with Gasteiger partial charge >= 0.3 is 0 Å². The molecule has 0 spiro atoms. The lowest BCUT2D eigenvalue weighted by Crippen LogP contribution is -2.43. The minimum absolute atomic E-state index is 0.134. The molecule has 0 bridgehead atoms. The zero-order chi connectivity index (χ0) is 15.4. The Kier molecular flexibility index (Phi) is 4.19. The fourth-order valence-electron chi connectivity index (χ4n) is 2.36. The van der Waals surface area contributed by atoms with E-state index in [0.29, 0.717) is 36.9 Å². The van der Waals surface area contributed by atoms with Gasteiger partial charge in [0.1, 0.15) is 29.6 Å². The lowest BCUT2D eigenvalue weighted by molar-refractivity contribution is -0.0247. The molecule has 1 atom stereocenters. The van der Waals surface area contributed by atoms with Crippen molar-refractivity contribution >= 4 is 11.7 Å². The Morgan fingerprint density at radius 2 is 2.18 bits per heavy atom. The number of ether oxygens (including phenoxy) is 1. The number of nitrogens with one attached hydrogen (secondary N) is 1. The van der Waals surface area contributed by atoms with Crippen LogP contribution in [0.1, 0.15) is 22.3 Å². The first-order valence-corrected chi connectivity index (χ1v) is 6.95. The summed E-state index contributed by atoms with van der Waals surface area (Å²) >= 11 is 0. The predicted octanol–water partition coefficient (Wildman–Crippen LogP) is 0.522. The Morgan fingerprint density at radius 3 is 2.95 bits per heavy atom. The van der Waals surface area contributed by atoms with Crippen molar-refractivity contribution in [2.45, 2.75) is 6.10 Å². The summed E-state index contributed by atoms with van der Waals surface area (Å²) in [6, 6.07) is 1.61. The van der Waals surface area contributed by atoms with E-state index in [4.69, 9.17) is 4.74 Å². The standard InChI is InChI=1S/C14H16N6O2/c1-15-13-12(17-4-5-18-13)11-8-20(6-7-22-11)14(21)10-2-3-16-9-19-10/h2-5,9,11H,6-8H2,1H3,(H,15,18).